The maximum absolute atomic E-state index is 12.2. The van der Waals surface area contributed by atoms with Crippen LogP contribution >= 0.6 is 31.9 Å². The number of rotatable bonds is 4. The van der Waals surface area contributed by atoms with Gasteiger partial charge in [0.05, 0.1) is 10.7 Å². The van der Waals surface area contributed by atoms with E-state index in [1.807, 2.05) is 0 Å². The molecule has 0 bridgehead atoms. The minimum absolute atomic E-state index is 0.00675. The molecule has 1 aliphatic carbocycles. The van der Waals surface area contributed by atoms with Crippen molar-refractivity contribution in [1.82, 2.24) is 5.43 Å². The summed E-state index contributed by atoms with van der Waals surface area (Å²) < 4.78 is 6.78. The van der Waals surface area contributed by atoms with E-state index in [-0.39, 0.29) is 23.2 Å². The highest BCUT2D eigenvalue weighted by atomic mass is 79.9. The van der Waals surface area contributed by atoms with Crippen LogP contribution < -0.4 is 5.43 Å². The largest absolute Gasteiger partial charge is 0.447 e. The smallest absolute Gasteiger partial charge is 0.243 e. The second-order valence-electron chi connectivity index (χ2n) is 7.33. The maximum Gasteiger partial charge on any atom is 0.243 e. The Kier molecular flexibility index (Phi) is 5.21. The third kappa shape index (κ3) is 4.42. The minimum Gasteiger partial charge on any atom is -0.447 e. The van der Waals surface area contributed by atoms with Crippen molar-refractivity contribution in [3.05, 3.63) is 56.4 Å². The summed E-state index contributed by atoms with van der Waals surface area (Å²) in [6.45, 7) is 6.59. The van der Waals surface area contributed by atoms with Crippen LogP contribution in [0.4, 0.5) is 0 Å². The van der Waals surface area contributed by atoms with Crippen molar-refractivity contribution in [3.63, 3.8) is 0 Å². The van der Waals surface area contributed by atoms with Gasteiger partial charge in [0.2, 0.25) is 5.91 Å². The van der Waals surface area contributed by atoms with Gasteiger partial charge in [0.25, 0.3) is 0 Å². The molecule has 1 aromatic heterocycles. The van der Waals surface area contributed by atoms with Gasteiger partial charge >= 0.3 is 0 Å². The number of hydrogen-bond donors (Lipinski definition) is 1. The van der Waals surface area contributed by atoms with E-state index in [1.54, 1.807) is 6.07 Å². The van der Waals surface area contributed by atoms with Crippen LogP contribution in [-0.4, -0.2) is 12.1 Å². The Morgan fingerprint density at radius 2 is 1.96 bits per heavy atom. The lowest BCUT2D eigenvalue weighted by Gasteiger charge is -2.19. The summed E-state index contributed by atoms with van der Waals surface area (Å²) in [5.74, 6) is 0.791. The number of benzene rings is 1. The van der Waals surface area contributed by atoms with E-state index in [0.29, 0.717) is 10.4 Å². The molecule has 1 heterocycles. The van der Waals surface area contributed by atoms with Crippen molar-refractivity contribution in [2.75, 3.05) is 0 Å². The quantitative estimate of drug-likeness (QED) is 0.486. The minimum atomic E-state index is -0.0502. The number of halogens is 2. The van der Waals surface area contributed by atoms with Crippen LogP contribution in [0, 0.1) is 5.92 Å². The zero-order valence-corrected chi connectivity index (χ0v) is 17.5. The molecule has 1 saturated carbocycles. The van der Waals surface area contributed by atoms with Crippen LogP contribution in [0.25, 0.3) is 0 Å². The Labute approximate surface area is 164 Å². The molecule has 2 aromatic rings. The van der Waals surface area contributed by atoms with Gasteiger partial charge in [-0.1, -0.05) is 45.0 Å². The predicted molar refractivity (Wildman–Crippen MR) is 106 cm³/mol. The summed E-state index contributed by atoms with van der Waals surface area (Å²) in [7, 11) is 0. The van der Waals surface area contributed by atoms with Crippen LogP contribution in [0.5, 0.6) is 0 Å². The lowest BCUT2D eigenvalue weighted by atomic mass is 9.86. The molecule has 25 heavy (non-hydrogen) atoms. The zero-order chi connectivity index (χ0) is 18.2. The summed E-state index contributed by atoms with van der Waals surface area (Å²) >= 11 is 6.59. The van der Waals surface area contributed by atoms with Crippen LogP contribution in [0.3, 0.4) is 0 Å². The molecule has 6 heteroatoms. The Hall–Kier alpha value is -1.40. The highest BCUT2D eigenvalue weighted by Gasteiger charge is 2.44. The first-order valence-corrected chi connectivity index (χ1v) is 9.72. The van der Waals surface area contributed by atoms with Gasteiger partial charge in [-0.3, -0.25) is 4.79 Å². The fourth-order valence-electron chi connectivity index (χ4n) is 2.75. The maximum atomic E-state index is 12.2. The van der Waals surface area contributed by atoms with E-state index < -0.39 is 0 Å². The first-order valence-electron chi connectivity index (χ1n) is 8.14. The SMILES string of the molecule is CC(C)(C)c1ccc([C@H]2C[C@@H]2C(=O)N/N=C/c2cc(Br)c(Br)o2)cc1. The molecule has 1 aliphatic rings. The molecule has 0 saturated heterocycles. The van der Waals surface area contributed by atoms with Gasteiger partial charge in [0.1, 0.15) is 5.76 Å². The number of carbonyl (C=O) groups excluding carboxylic acids is 1. The fraction of sp³-hybridized carbons (Fsp3) is 0.368. The number of nitrogens with one attached hydrogen (secondary N) is 1. The lowest BCUT2D eigenvalue weighted by molar-refractivity contribution is -0.122. The van der Waals surface area contributed by atoms with E-state index in [2.05, 4.69) is 87.4 Å². The molecule has 3 rings (SSSR count). The molecule has 132 valence electrons. The number of furan rings is 1. The average Bonchev–Trinajstić information content (AvgIpc) is 3.28. The van der Waals surface area contributed by atoms with E-state index in [4.69, 9.17) is 4.42 Å². The highest BCUT2D eigenvalue weighted by Crippen LogP contribution is 2.47. The van der Waals surface area contributed by atoms with Crippen LogP contribution in [0.1, 0.15) is 50.0 Å². The number of hydrogen-bond acceptors (Lipinski definition) is 3. The molecule has 1 amide bonds. The standard InChI is InChI=1S/C19H20Br2N2O2/c1-19(2,3)12-6-4-11(5-7-12)14-9-15(14)18(24)23-22-10-13-8-16(20)17(21)25-13/h4-8,10,14-15H,9H2,1-3H3,(H,23,24)/b22-10+/t14-,15+/m1/s1. The van der Waals surface area contributed by atoms with Crippen LogP contribution in [-0.2, 0) is 10.2 Å². The Balaban J connectivity index is 1.55. The van der Waals surface area contributed by atoms with Crippen LogP contribution in [0.15, 0.2) is 49.0 Å². The van der Waals surface area contributed by atoms with Gasteiger partial charge in [-0.15, -0.1) is 0 Å². The Bertz CT molecular complexity index is 784. The topological polar surface area (TPSA) is 54.6 Å². The molecule has 1 N–H and O–H groups in total. The number of nitrogens with zero attached hydrogens (tertiary/aromatic N) is 1. The lowest BCUT2D eigenvalue weighted by Crippen LogP contribution is -2.20. The molecule has 1 aromatic carbocycles. The highest BCUT2D eigenvalue weighted by molar-refractivity contribution is 9.13. The van der Waals surface area contributed by atoms with Crippen molar-refractivity contribution in [2.45, 2.75) is 38.5 Å². The molecule has 1 fully saturated rings. The first-order chi connectivity index (χ1) is 11.8. The summed E-state index contributed by atoms with van der Waals surface area (Å²) in [5, 5.41) is 3.97. The van der Waals surface area contributed by atoms with Gasteiger partial charge in [0.15, 0.2) is 4.67 Å². The van der Waals surface area contributed by atoms with Crippen molar-refractivity contribution in [2.24, 2.45) is 11.0 Å². The van der Waals surface area contributed by atoms with Gasteiger partial charge in [-0.25, -0.2) is 5.43 Å². The molecule has 0 aliphatic heterocycles. The molecule has 0 radical (unpaired) electrons. The van der Waals surface area contributed by atoms with Gasteiger partial charge in [-0.05, 0) is 60.7 Å². The third-order valence-electron chi connectivity index (χ3n) is 4.36. The molecular weight excluding hydrogens is 448 g/mol. The molecule has 2 atom stereocenters. The molecule has 0 spiro atoms. The normalized spacial score (nSPS) is 20.0. The summed E-state index contributed by atoms with van der Waals surface area (Å²) in [6.07, 6.45) is 2.36. The second-order valence-corrected chi connectivity index (χ2v) is 8.90. The predicted octanol–water partition coefficient (Wildman–Crippen LogP) is 5.36. The molecule has 4 nitrogen and oxygen atoms in total. The molecule has 0 unspecified atom stereocenters. The summed E-state index contributed by atoms with van der Waals surface area (Å²) in [4.78, 5) is 12.2. The van der Waals surface area contributed by atoms with E-state index in [0.717, 1.165) is 10.9 Å². The summed E-state index contributed by atoms with van der Waals surface area (Å²) in [5.41, 5.74) is 5.26. The summed E-state index contributed by atoms with van der Waals surface area (Å²) in [6, 6.07) is 10.4. The Morgan fingerprint density at radius 1 is 1.28 bits per heavy atom. The van der Waals surface area contributed by atoms with Crippen LogP contribution in [0.2, 0.25) is 0 Å². The third-order valence-corrected chi connectivity index (χ3v) is 6.07. The number of carbonyl (C=O) groups is 1. The second kappa shape index (κ2) is 7.08. The van der Waals surface area contributed by atoms with Crippen molar-refractivity contribution in [1.29, 1.82) is 0 Å². The average molecular weight is 468 g/mol. The van der Waals surface area contributed by atoms with Gasteiger partial charge in [-0.2, -0.15) is 5.10 Å². The van der Waals surface area contributed by atoms with Crippen molar-refractivity contribution < 1.29 is 9.21 Å². The van der Waals surface area contributed by atoms with Gasteiger partial charge < -0.3 is 4.42 Å². The van der Waals surface area contributed by atoms with E-state index in [9.17, 15) is 4.79 Å². The zero-order valence-electron chi connectivity index (χ0n) is 14.3. The fourth-order valence-corrected chi connectivity index (χ4v) is 3.36. The van der Waals surface area contributed by atoms with Crippen molar-refractivity contribution in [3.8, 4) is 0 Å². The first kappa shape index (κ1) is 18.4. The van der Waals surface area contributed by atoms with Gasteiger partial charge in [0, 0.05) is 12.0 Å². The van der Waals surface area contributed by atoms with Crippen molar-refractivity contribution >= 4 is 44.0 Å². The monoisotopic (exact) mass is 466 g/mol. The van der Waals surface area contributed by atoms with E-state index in [1.165, 1.54) is 17.3 Å². The Morgan fingerprint density at radius 3 is 2.52 bits per heavy atom. The molecular formula is C19H20Br2N2O2. The number of amides is 1. The number of hydrazone groups is 1. The van der Waals surface area contributed by atoms with E-state index >= 15 is 0 Å².